The largest absolute Gasteiger partial charge is 0.496 e. The molecule has 0 unspecified atom stereocenters. The van der Waals surface area contributed by atoms with Crippen LogP contribution < -0.4 is 4.74 Å². The lowest BCUT2D eigenvalue weighted by molar-refractivity contribution is 0.0693. The molecule has 4 nitrogen and oxygen atoms in total. The Kier molecular flexibility index (Phi) is 2.11. The molecular formula is C10H11NO3. The third-order valence-electron chi connectivity index (χ3n) is 2.33. The van der Waals surface area contributed by atoms with Crippen LogP contribution in [-0.4, -0.2) is 23.2 Å². The molecule has 0 bridgehead atoms. The van der Waals surface area contributed by atoms with Gasteiger partial charge in [-0.1, -0.05) is 0 Å². The smallest absolute Gasteiger partial charge is 0.341 e. The van der Waals surface area contributed by atoms with Crippen molar-refractivity contribution in [2.75, 3.05) is 7.11 Å². The Labute approximate surface area is 81.5 Å². The highest BCUT2D eigenvalue weighted by molar-refractivity contribution is 5.90. The first-order chi connectivity index (χ1) is 6.72. The van der Waals surface area contributed by atoms with Gasteiger partial charge in [-0.05, 0) is 12.8 Å². The van der Waals surface area contributed by atoms with Crippen LogP contribution in [0.15, 0.2) is 12.3 Å². The monoisotopic (exact) mass is 193 g/mol. The van der Waals surface area contributed by atoms with E-state index in [2.05, 4.69) is 4.98 Å². The summed E-state index contributed by atoms with van der Waals surface area (Å²) < 4.78 is 5.00. The maximum absolute atomic E-state index is 10.8. The Morgan fingerprint density at radius 3 is 2.86 bits per heavy atom. The zero-order valence-electron chi connectivity index (χ0n) is 7.86. The van der Waals surface area contributed by atoms with E-state index in [9.17, 15) is 4.79 Å². The summed E-state index contributed by atoms with van der Waals surface area (Å²) in [5.74, 6) is -0.0992. The standard InChI is InChI=1S/C10H11NO3/c1-14-9-4-8(6-2-3-6)11-5-7(9)10(12)13/h4-6H,2-3H2,1H3,(H,12,13). The van der Waals surface area contributed by atoms with Gasteiger partial charge in [0.1, 0.15) is 11.3 Å². The Hall–Kier alpha value is -1.58. The van der Waals surface area contributed by atoms with Crippen LogP contribution in [0.1, 0.15) is 34.8 Å². The highest BCUT2D eigenvalue weighted by atomic mass is 16.5. The molecule has 14 heavy (non-hydrogen) atoms. The SMILES string of the molecule is COc1cc(C2CC2)ncc1C(=O)O. The Morgan fingerprint density at radius 1 is 1.64 bits per heavy atom. The number of carboxylic acids is 1. The summed E-state index contributed by atoms with van der Waals surface area (Å²) in [5, 5.41) is 8.82. The van der Waals surface area contributed by atoms with Gasteiger partial charge in [0.2, 0.25) is 0 Å². The fourth-order valence-corrected chi connectivity index (χ4v) is 1.38. The van der Waals surface area contributed by atoms with E-state index in [4.69, 9.17) is 9.84 Å². The summed E-state index contributed by atoms with van der Waals surface area (Å²) in [6.45, 7) is 0. The molecule has 1 N–H and O–H groups in total. The number of aromatic nitrogens is 1. The van der Waals surface area contributed by atoms with E-state index in [1.165, 1.54) is 13.3 Å². The van der Waals surface area contributed by atoms with Crippen molar-refractivity contribution in [3.05, 3.63) is 23.5 Å². The van der Waals surface area contributed by atoms with Gasteiger partial charge in [0.15, 0.2) is 0 Å². The number of carbonyl (C=O) groups is 1. The van der Waals surface area contributed by atoms with Crippen LogP contribution in [0.2, 0.25) is 0 Å². The lowest BCUT2D eigenvalue weighted by atomic mass is 10.2. The van der Waals surface area contributed by atoms with Crippen molar-refractivity contribution in [2.24, 2.45) is 0 Å². The van der Waals surface area contributed by atoms with Crippen LogP contribution in [0, 0.1) is 0 Å². The summed E-state index contributed by atoms with van der Waals surface area (Å²) in [7, 11) is 1.47. The molecule has 4 heteroatoms. The van der Waals surface area contributed by atoms with Crippen LogP contribution in [-0.2, 0) is 0 Å². The number of rotatable bonds is 3. The average molecular weight is 193 g/mol. The normalized spacial score (nSPS) is 15.2. The van der Waals surface area contributed by atoms with Crippen molar-refractivity contribution in [3.63, 3.8) is 0 Å². The van der Waals surface area contributed by atoms with Crippen molar-refractivity contribution in [1.82, 2.24) is 4.98 Å². The summed E-state index contributed by atoms with van der Waals surface area (Å²) in [6, 6.07) is 1.72. The van der Waals surface area contributed by atoms with E-state index in [-0.39, 0.29) is 5.56 Å². The van der Waals surface area contributed by atoms with E-state index < -0.39 is 5.97 Å². The van der Waals surface area contributed by atoms with Crippen LogP contribution >= 0.6 is 0 Å². The second kappa shape index (κ2) is 3.29. The second-order valence-corrected chi connectivity index (χ2v) is 3.39. The van der Waals surface area contributed by atoms with Gasteiger partial charge in [-0.25, -0.2) is 4.79 Å². The molecule has 0 aromatic carbocycles. The Balaban J connectivity index is 2.38. The van der Waals surface area contributed by atoms with Crippen molar-refractivity contribution in [1.29, 1.82) is 0 Å². The van der Waals surface area contributed by atoms with Crippen molar-refractivity contribution in [3.8, 4) is 5.75 Å². The molecule has 1 aliphatic carbocycles. The molecule has 0 atom stereocenters. The summed E-state index contributed by atoms with van der Waals surface area (Å²) in [5.41, 5.74) is 1.06. The number of pyridine rings is 1. The van der Waals surface area contributed by atoms with Gasteiger partial charge >= 0.3 is 5.97 Å². The van der Waals surface area contributed by atoms with E-state index in [1.807, 2.05) is 0 Å². The van der Waals surface area contributed by atoms with Crippen LogP contribution in [0.3, 0.4) is 0 Å². The number of hydrogen-bond acceptors (Lipinski definition) is 3. The molecule has 0 spiro atoms. The Morgan fingerprint density at radius 2 is 2.36 bits per heavy atom. The predicted molar refractivity (Wildman–Crippen MR) is 49.7 cm³/mol. The van der Waals surface area contributed by atoms with Gasteiger partial charge in [0, 0.05) is 23.9 Å². The molecule has 1 aromatic rings. The molecule has 0 aliphatic heterocycles. The van der Waals surface area contributed by atoms with Gasteiger partial charge in [-0.15, -0.1) is 0 Å². The van der Waals surface area contributed by atoms with Gasteiger partial charge in [-0.2, -0.15) is 0 Å². The molecule has 1 aliphatic rings. The quantitative estimate of drug-likeness (QED) is 0.793. The molecule has 1 saturated carbocycles. The third-order valence-corrected chi connectivity index (χ3v) is 2.33. The van der Waals surface area contributed by atoms with Crippen molar-refractivity contribution in [2.45, 2.75) is 18.8 Å². The molecule has 1 heterocycles. The average Bonchev–Trinajstić information content (AvgIpc) is 3.00. The van der Waals surface area contributed by atoms with Crippen molar-refractivity contribution >= 4 is 5.97 Å². The van der Waals surface area contributed by atoms with Gasteiger partial charge in [0.05, 0.1) is 7.11 Å². The molecule has 2 rings (SSSR count). The molecule has 1 fully saturated rings. The zero-order valence-corrected chi connectivity index (χ0v) is 7.86. The number of ether oxygens (including phenoxy) is 1. The molecule has 0 saturated heterocycles. The van der Waals surface area contributed by atoms with Gasteiger partial charge < -0.3 is 9.84 Å². The van der Waals surface area contributed by atoms with Crippen molar-refractivity contribution < 1.29 is 14.6 Å². The molecular weight excluding hydrogens is 182 g/mol. The Bertz CT molecular complexity index is 372. The minimum Gasteiger partial charge on any atom is -0.496 e. The topological polar surface area (TPSA) is 59.4 Å². The van der Waals surface area contributed by atoms with Crippen LogP contribution in [0.25, 0.3) is 0 Å². The number of hydrogen-bond donors (Lipinski definition) is 1. The molecule has 1 aromatic heterocycles. The highest BCUT2D eigenvalue weighted by Crippen LogP contribution is 2.40. The molecule has 0 radical (unpaired) electrons. The highest BCUT2D eigenvalue weighted by Gasteiger charge is 2.26. The number of methoxy groups -OCH3 is 1. The minimum atomic E-state index is -1.00. The minimum absolute atomic E-state index is 0.122. The lowest BCUT2D eigenvalue weighted by Gasteiger charge is -2.05. The van der Waals surface area contributed by atoms with Crippen LogP contribution in [0.4, 0.5) is 0 Å². The first-order valence-corrected chi connectivity index (χ1v) is 4.49. The maximum atomic E-state index is 10.8. The van der Waals surface area contributed by atoms with E-state index in [0.717, 1.165) is 18.5 Å². The molecule has 0 amide bonds. The maximum Gasteiger partial charge on any atom is 0.341 e. The number of aromatic carboxylic acids is 1. The fraction of sp³-hybridized carbons (Fsp3) is 0.400. The molecule has 74 valence electrons. The number of nitrogens with zero attached hydrogens (tertiary/aromatic N) is 1. The predicted octanol–water partition coefficient (Wildman–Crippen LogP) is 1.67. The zero-order chi connectivity index (χ0) is 10.1. The fourth-order valence-electron chi connectivity index (χ4n) is 1.38. The van der Waals surface area contributed by atoms with E-state index >= 15 is 0 Å². The van der Waals surface area contributed by atoms with E-state index in [1.54, 1.807) is 6.07 Å². The lowest BCUT2D eigenvalue weighted by Crippen LogP contribution is -2.02. The number of carboxylic acid groups (broad SMARTS) is 1. The van der Waals surface area contributed by atoms with Crippen LogP contribution in [0.5, 0.6) is 5.75 Å². The third kappa shape index (κ3) is 1.55. The van der Waals surface area contributed by atoms with Gasteiger partial charge in [-0.3, -0.25) is 4.98 Å². The van der Waals surface area contributed by atoms with Gasteiger partial charge in [0.25, 0.3) is 0 Å². The van der Waals surface area contributed by atoms with E-state index in [0.29, 0.717) is 11.7 Å². The second-order valence-electron chi connectivity index (χ2n) is 3.39. The summed E-state index contributed by atoms with van der Waals surface area (Å²) in [6.07, 6.45) is 3.65. The first-order valence-electron chi connectivity index (χ1n) is 4.49. The first kappa shape index (κ1) is 8.99. The summed E-state index contributed by atoms with van der Waals surface area (Å²) >= 11 is 0. The summed E-state index contributed by atoms with van der Waals surface area (Å²) in [4.78, 5) is 14.9.